The lowest BCUT2D eigenvalue weighted by Crippen LogP contribution is -2.27. The van der Waals surface area contributed by atoms with Gasteiger partial charge in [0, 0.05) is 37.5 Å². The summed E-state index contributed by atoms with van der Waals surface area (Å²) in [4.78, 5) is 18.1. The Morgan fingerprint density at radius 2 is 1.97 bits per heavy atom. The average molecular weight is 425 g/mol. The number of amides is 1. The fraction of sp³-hybridized carbons (Fsp3) is 0.333. The number of aryl methyl sites for hydroxylation is 1. The second-order valence-electron chi connectivity index (χ2n) is 7.21. The van der Waals surface area contributed by atoms with Crippen LogP contribution in [0.3, 0.4) is 0 Å². The summed E-state index contributed by atoms with van der Waals surface area (Å²) in [6.45, 7) is 2.79. The summed E-state index contributed by atoms with van der Waals surface area (Å²) in [5.41, 5.74) is -0.418. The third-order valence-corrected chi connectivity index (χ3v) is 4.82. The van der Waals surface area contributed by atoms with Crippen molar-refractivity contribution in [3.63, 3.8) is 0 Å². The van der Waals surface area contributed by atoms with E-state index in [1.54, 1.807) is 31.2 Å². The summed E-state index contributed by atoms with van der Waals surface area (Å²) in [5, 5.41) is 2.58. The number of pyridine rings is 1. The Morgan fingerprint density at radius 3 is 2.63 bits per heavy atom. The molecule has 1 aromatic heterocycles. The smallest absolute Gasteiger partial charge is 0.332 e. The molecule has 0 fully saturated rings. The molecule has 160 valence electrons. The Hall–Kier alpha value is -2.97. The summed E-state index contributed by atoms with van der Waals surface area (Å²) < 4.78 is 67.7. The number of alkyl halides is 5. The van der Waals surface area contributed by atoms with Crippen LogP contribution in [0.25, 0.3) is 0 Å². The van der Waals surface area contributed by atoms with Crippen molar-refractivity contribution < 1.29 is 26.7 Å². The maximum absolute atomic E-state index is 13.7. The van der Waals surface area contributed by atoms with E-state index in [2.05, 4.69) is 10.3 Å². The minimum absolute atomic E-state index is 0.0976. The summed E-state index contributed by atoms with van der Waals surface area (Å²) >= 11 is 0. The molecule has 1 aliphatic heterocycles. The van der Waals surface area contributed by atoms with Crippen molar-refractivity contribution in [3.8, 4) is 0 Å². The second-order valence-corrected chi connectivity index (χ2v) is 7.21. The number of hydrogen-bond donors (Lipinski definition) is 1. The van der Waals surface area contributed by atoms with E-state index in [9.17, 15) is 26.7 Å². The zero-order valence-corrected chi connectivity index (χ0v) is 16.4. The third-order valence-electron chi connectivity index (χ3n) is 4.82. The van der Waals surface area contributed by atoms with Crippen LogP contribution < -0.4 is 10.2 Å². The highest BCUT2D eigenvalue weighted by atomic mass is 19.4. The standard InChI is InChI=1S/C21H20F5N3O/c1-13-5-3-6-15(11-13)28-19(30)17-14(2)16(21(24,25)26)12-27-18(17)29-9-4-7-20(22,23)8-10-29/h3-6,9,11-12H,7-8,10H2,1-2H3,(H,28,30). The molecule has 2 aromatic rings. The molecule has 0 atom stereocenters. The van der Waals surface area contributed by atoms with E-state index in [4.69, 9.17) is 0 Å². The quantitative estimate of drug-likeness (QED) is 0.640. The lowest BCUT2D eigenvalue weighted by molar-refractivity contribution is -0.138. The number of aromatic nitrogens is 1. The van der Waals surface area contributed by atoms with Gasteiger partial charge in [-0.05, 0) is 37.1 Å². The first-order chi connectivity index (χ1) is 14.0. The maximum atomic E-state index is 13.7. The molecule has 30 heavy (non-hydrogen) atoms. The van der Waals surface area contributed by atoms with E-state index >= 15 is 0 Å². The summed E-state index contributed by atoms with van der Waals surface area (Å²) in [6.07, 6.45) is -2.53. The number of halogens is 5. The first-order valence-electron chi connectivity index (χ1n) is 9.24. The van der Waals surface area contributed by atoms with Crippen molar-refractivity contribution in [1.82, 2.24) is 4.98 Å². The zero-order valence-electron chi connectivity index (χ0n) is 16.4. The van der Waals surface area contributed by atoms with Crippen molar-refractivity contribution in [2.45, 2.75) is 38.8 Å². The largest absolute Gasteiger partial charge is 0.418 e. The van der Waals surface area contributed by atoms with Gasteiger partial charge in [0.25, 0.3) is 11.8 Å². The lowest BCUT2D eigenvalue weighted by Gasteiger charge is -2.24. The minimum atomic E-state index is -4.71. The number of carbonyl (C=O) groups is 1. The van der Waals surface area contributed by atoms with Crippen molar-refractivity contribution >= 4 is 17.4 Å². The molecular weight excluding hydrogens is 405 g/mol. The van der Waals surface area contributed by atoms with Gasteiger partial charge in [-0.3, -0.25) is 4.79 Å². The fourth-order valence-corrected chi connectivity index (χ4v) is 3.27. The lowest BCUT2D eigenvalue weighted by atomic mass is 10.0. The van der Waals surface area contributed by atoms with Crippen molar-refractivity contribution in [1.29, 1.82) is 0 Å². The molecule has 4 nitrogen and oxygen atoms in total. The highest BCUT2D eigenvalue weighted by molar-refractivity contribution is 6.09. The van der Waals surface area contributed by atoms with Crippen LogP contribution in [-0.2, 0) is 6.18 Å². The van der Waals surface area contributed by atoms with Gasteiger partial charge in [-0.25, -0.2) is 13.8 Å². The summed E-state index contributed by atoms with van der Waals surface area (Å²) in [6, 6.07) is 6.77. The molecular formula is C21H20F5N3O. The number of hydrogen-bond acceptors (Lipinski definition) is 3. The zero-order chi connectivity index (χ0) is 22.1. The molecule has 1 N–H and O–H groups in total. The van der Waals surface area contributed by atoms with Gasteiger partial charge in [-0.1, -0.05) is 18.2 Å². The van der Waals surface area contributed by atoms with Crippen LogP contribution in [0.1, 0.15) is 39.9 Å². The Bertz CT molecular complexity index is 985. The molecule has 9 heteroatoms. The van der Waals surface area contributed by atoms with Gasteiger partial charge in [0.2, 0.25) is 0 Å². The van der Waals surface area contributed by atoms with E-state index in [0.29, 0.717) is 11.9 Å². The minimum Gasteiger partial charge on any atom is -0.332 e. The fourth-order valence-electron chi connectivity index (χ4n) is 3.27. The van der Waals surface area contributed by atoms with Gasteiger partial charge in [0.05, 0.1) is 11.1 Å². The normalized spacial score (nSPS) is 16.3. The predicted octanol–water partition coefficient (Wildman–Crippen LogP) is 5.72. The van der Waals surface area contributed by atoms with Crippen LogP contribution in [0.15, 0.2) is 42.7 Å². The SMILES string of the molecule is Cc1cccc(NC(=O)c2c(N3C=CCC(F)(F)CC3)ncc(C(F)(F)F)c2C)c1. The van der Waals surface area contributed by atoms with Gasteiger partial charge in [-0.15, -0.1) is 0 Å². The van der Waals surface area contributed by atoms with E-state index < -0.39 is 36.4 Å². The first-order valence-corrected chi connectivity index (χ1v) is 9.24. The van der Waals surface area contributed by atoms with Crippen molar-refractivity contribution in [3.05, 3.63) is 65.0 Å². The molecule has 0 saturated carbocycles. The Kier molecular flexibility index (Phi) is 5.83. The topological polar surface area (TPSA) is 45.2 Å². The van der Waals surface area contributed by atoms with Crippen LogP contribution in [0.2, 0.25) is 0 Å². The average Bonchev–Trinajstić information content (AvgIpc) is 2.80. The Morgan fingerprint density at radius 1 is 1.23 bits per heavy atom. The maximum Gasteiger partial charge on any atom is 0.418 e. The number of benzene rings is 1. The molecule has 0 spiro atoms. The molecule has 0 bridgehead atoms. The number of allylic oxidation sites excluding steroid dienone is 1. The van der Waals surface area contributed by atoms with Gasteiger partial charge in [0.1, 0.15) is 5.82 Å². The second kappa shape index (κ2) is 8.04. The monoisotopic (exact) mass is 425 g/mol. The van der Waals surface area contributed by atoms with Crippen LogP contribution in [0, 0.1) is 13.8 Å². The molecule has 1 aromatic carbocycles. The van der Waals surface area contributed by atoms with Gasteiger partial charge in [0.15, 0.2) is 0 Å². The predicted molar refractivity (Wildman–Crippen MR) is 104 cm³/mol. The Labute approximate surface area is 170 Å². The number of anilines is 2. The number of rotatable bonds is 3. The number of carbonyl (C=O) groups excluding carboxylic acids is 1. The molecule has 3 rings (SSSR count). The molecule has 0 unspecified atom stereocenters. The van der Waals surface area contributed by atoms with Crippen LogP contribution in [0.5, 0.6) is 0 Å². The van der Waals surface area contributed by atoms with Gasteiger partial charge in [-0.2, -0.15) is 13.2 Å². The van der Waals surface area contributed by atoms with Gasteiger partial charge >= 0.3 is 6.18 Å². The highest BCUT2D eigenvalue weighted by Gasteiger charge is 2.37. The van der Waals surface area contributed by atoms with Crippen LogP contribution in [0.4, 0.5) is 33.5 Å². The van der Waals surface area contributed by atoms with Crippen molar-refractivity contribution in [2.75, 3.05) is 16.8 Å². The number of nitrogens with zero attached hydrogens (tertiary/aromatic N) is 2. The highest BCUT2D eigenvalue weighted by Crippen LogP contribution is 2.37. The molecule has 2 heterocycles. The van der Waals surface area contributed by atoms with E-state index in [1.165, 1.54) is 24.1 Å². The number of nitrogens with one attached hydrogen (secondary N) is 1. The van der Waals surface area contributed by atoms with E-state index in [-0.39, 0.29) is 23.5 Å². The van der Waals surface area contributed by atoms with Crippen LogP contribution in [-0.4, -0.2) is 23.4 Å². The van der Waals surface area contributed by atoms with E-state index in [1.807, 2.05) is 0 Å². The first kappa shape index (κ1) is 21.7. The third kappa shape index (κ3) is 4.77. The summed E-state index contributed by atoms with van der Waals surface area (Å²) in [7, 11) is 0. The van der Waals surface area contributed by atoms with Crippen LogP contribution >= 0.6 is 0 Å². The molecule has 0 saturated heterocycles. The molecule has 0 aliphatic carbocycles. The van der Waals surface area contributed by atoms with E-state index in [0.717, 1.165) is 5.56 Å². The molecule has 1 aliphatic rings. The van der Waals surface area contributed by atoms with Gasteiger partial charge < -0.3 is 10.2 Å². The molecule has 0 radical (unpaired) electrons. The molecule has 1 amide bonds. The Balaban J connectivity index is 2.06. The summed E-state index contributed by atoms with van der Waals surface area (Å²) in [5.74, 6) is -3.83. The van der Waals surface area contributed by atoms with Crippen molar-refractivity contribution in [2.24, 2.45) is 0 Å².